The van der Waals surface area contributed by atoms with E-state index in [0.29, 0.717) is 17.4 Å². The van der Waals surface area contributed by atoms with E-state index in [2.05, 4.69) is 17.3 Å². The summed E-state index contributed by atoms with van der Waals surface area (Å²) in [7, 11) is 0. The maximum Gasteiger partial charge on any atom is 0.254 e. The lowest BCUT2D eigenvalue weighted by molar-refractivity contribution is -0.140. The third-order valence-electron chi connectivity index (χ3n) is 5.83. The molecule has 23 heavy (non-hydrogen) atoms. The Morgan fingerprint density at radius 1 is 1.09 bits per heavy atom. The highest BCUT2D eigenvalue weighted by atomic mass is 16.3. The molecule has 5 aliphatic rings. The Balaban J connectivity index is 1.45. The summed E-state index contributed by atoms with van der Waals surface area (Å²) in [5.41, 5.74) is 0.657. The molecule has 0 aromatic heterocycles. The van der Waals surface area contributed by atoms with Crippen LogP contribution < -0.4 is 0 Å². The Morgan fingerprint density at radius 2 is 1.74 bits per heavy atom. The molecule has 1 aliphatic heterocycles. The fourth-order valence-electron chi connectivity index (χ4n) is 4.78. The minimum atomic E-state index is -0.220. The third-order valence-corrected chi connectivity index (χ3v) is 5.83. The maximum atomic E-state index is 12.7. The van der Waals surface area contributed by atoms with Gasteiger partial charge in [0.1, 0.15) is 5.75 Å². The average molecular weight is 308 g/mol. The van der Waals surface area contributed by atoms with Gasteiger partial charge in [-0.15, -0.1) is 0 Å². The van der Waals surface area contributed by atoms with Crippen molar-refractivity contribution < 1.29 is 14.7 Å². The number of carbonyl (C=O) groups excluding carboxylic acids is 2. The lowest BCUT2D eigenvalue weighted by Gasteiger charge is -2.37. The van der Waals surface area contributed by atoms with Crippen molar-refractivity contribution in [2.24, 2.45) is 40.6 Å². The number of phenols is 1. The Bertz CT molecular complexity index is 748. The first-order valence-corrected chi connectivity index (χ1v) is 8.04. The summed E-state index contributed by atoms with van der Waals surface area (Å²) in [4.78, 5) is 25.4. The van der Waals surface area contributed by atoms with E-state index in [1.807, 2.05) is 0 Å². The maximum absolute atomic E-state index is 12.7. The van der Waals surface area contributed by atoms with Gasteiger partial charge in [-0.1, -0.05) is 24.3 Å². The minimum absolute atomic E-state index is 0.129. The lowest BCUT2D eigenvalue weighted by atomic mass is 9.63. The number of nitrogens with zero attached hydrogens (tertiary/aromatic N) is 2. The van der Waals surface area contributed by atoms with E-state index in [-0.39, 0.29) is 41.2 Å². The minimum Gasteiger partial charge on any atom is -0.508 e. The highest BCUT2D eigenvalue weighted by molar-refractivity contribution is 6.06. The predicted octanol–water partition coefficient (Wildman–Crippen LogP) is 1.78. The Kier molecular flexibility index (Phi) is 2.45. The number of aromatic hydroxyl groups is 1. The van der Waals surface area contributed by atoms with Crippen LogP contribution in [0.25, 0.3) is 0 Å². The second kappa shape index (κ2) is 4.31. The van der Waals surface area contributed by atoms with Crippen LogP contribution in [0, 0.1) is 35.5 Å². The van der Waals surface area contributed by atoms with Gasteiger partial charge in [-0.2, -0.15) is 10.1 Å². The van der Waals surface area contributed by atoms with E-state index >= 15 is 0 Å². The van der Waals surface area contributed by atoms with Crippen LogP contribution in [0.4, 0.5) is 0 Å². The summed E-state index contributed by atoms with van der Waals surface area (Å²) in [5, 5.41) is 14.7. The van der Waals surface area contributed by atoms with Gasteiger partial charge in [-0.3, -0.25) is 9.59 Å². The predicted molar refractivity (Wildman–Crippen MR) is 82.3 cm³/mol. The number of benzene rings is 1. The number of phenolic OH excluding ortho intramolecular Hbond substituents is 1. The molecule has 1 heterocycles. The van der Waals surface area contributed by atoms with E-state index in [0.717, 1.165) is 11.4 Å². The zero-order valence-corrected chi connectivity index (χ0v) is 12.4. The van der Waals surface area contributed by atoms with E-state index in [9.17, 15) is 14.7 Å². The molecule has 3 fully saturated rings. The number of carbonyl (C=O) groups is 2. The van der Waals surface area contributed by atoms with Crippen LogP contribution in [-0.4, -0.2) is 28.1 Å². The van der Waals surface area contributed by atoms with Crippen molar-refractivity contribution >= 4 is 18.0 Å². The molecule has 6 atom stereocenters. The quantitative estimate of drug-likeness (QED) is 0.514. The molecule has 116 valence electrons. The third kappa shape index (κ3) is 1.70. The Morgan fingerprint density at radius 3 is 2.35 bits per heavy atom. The van der Waals surface area contributed by atoms with Crippen molar-refractivity contribution in [1.29, 1.82) is 0 Å². The lowest BCUT2D eigenvalue weighted by Crippen LogP contribution is -2.40. The van der Waals surface area contributed by atoms with Crippen LogP contribution in [-0.2, 0) is 9.59 Å². The zero-order chi connectivity index (χ0) is 15.7. The molecule has 5 heteroatoms. The van der Waals surface area contributed by atoms with Gasteiger partial charge in [-0.25, -0.2) is 0 Å². The summed E-state index contributed by atoms with van der Waals surface area (Å²) >= 11 is 0. The number of rotatable bonds is 2. The van der Waals surface area contributed by atoms with Gasteiger partial charge in [0, 0.05) is 0 Å². The second-order valence-corrected chi connectivity index (χ2v) is 6.98. The van der Waals surface area contributed by atoms with Crippen molar-refractivity contribution in [2.75, 3.05) is 0 Å². The molecule has 2 amide bonds. The molecule has 5 nitrogen and oxygen atoms in total. The first-order chi connectivity index (χ1) is 11.1. The van der Waals surface area contributed by atoms with Crippen molar-refractivity contribution in [1.82, 2.24) is 5.01 Å². The molecule has 4 aliphatic carbocycles. The molecule has 1 saturated heterocycles. The molecule has 1 N–H and O–H groups in total. The largest absolute Gasteiger partial charge is 0.508 e. The van der Waals surface area contributed by atoms with E-state index in [1.165, 1.54) is 6.21 Å². The number of hydrazone groups is 1. The van der Waals surface area contributed by atoms with Gasteiger partial charge in [0.25, 0.3) is 11.8 Å². The van der Waals surface area contributed by atoms with Crippen molar-refractivity contribution in [3.05, 3.63) is 42.0 Å². The molecule has 0 unspecified atom stereocenters. The first kappa shape index (κ1) is 13.0. The van der Waals surface area contributed by atoms with Crippen LogP contribution in [0.5, 0.6) is 5.75 Å². The summed E-state index contributed by atoms with van der Waals surface area (Å²) in [6, 6.07) is 6.57. The molecule has 1 aromatic carbocycles. The average Bonchev–Trinajstić information content (AvgIpc) is 3.32. The van der Waals surface area contributed by atoms with Crippen LogP contribution in [0.3, 0.4) is 0 Å². The smallest absolute Gasteiger partial charge is 0.254 e. The van der Waals surface area contributed by atoms with Gasteiger partial charge in [0.15, 0.2) is 0 Å². The summed E-state index contributed by atoms with van der Waals surface area (Å²) in [6.07, 6.45) is 6.91. The van der Waals surface area contributed by atoms with E-state index < -0.39 is 0 Å². The summed E-state index contributed by atoms with van der Waals surface area (Å²) < 4.78 is 0. The fourth-order valence-corrected chi connectivity index (χ4v) is 4.78. The normalized spacial score (nSPS) is 39.9. The SMILES string of the molecule is O=C1[C@@H]2[C@H]3C=C[C@@H]([C@@H]4C[C@H]34)[C@H]2C(=O)N1/N=C\c1cccc(O)c1. The van der Waals surface area contributed by atoms with Crippen LogP contribution in [0.1, 0.15) is 12.0 Å². The van der Waals surface area contributed by atoms with Gasteiger partial charge in [0.05, 0.1) is 18.1 Å². The molecular weight excluding hydrogens is 292 g/mol. The fraction of sp³-hybridized carbons (Fsp3) is 0.389. The standard InChI is InChI=1S/C18H16N2O3/c21-10-3-1-2-9(6-10)8-19-20-17(22)15-11-4-5-12(14-7-13(11)14)16(15)18(20)23/h1-6,8,11-16,21H,7H2/b19-8-/t11-,12-,13-,14+,15+,16+/m0/s1. The summed E-state index contributed by atoms with van der Waals surface area (Å²) in [6.45, 7) is 0. The molecule has 2 saturated carbocycles. The Labute approximate surface area is 133 Å². The molecular formula is C18H16N2O3. The highest BCUT2D eigenvalue weighted by Crippen LogP contribution is 2.65. The number of hydrogen-bond donors (Lipinski definition) is 1. The van der Waals surface area contributed by atoms with Crippen LogP contribution >= 0.6 is 0 Å². The van der Waals surface area contributed by atoms with Crippen molar-refractivity contribution in [3.8, 4) is 5.75 Å². The van der Waals surface area contributed by atoms with Gasteiger partial charge in [0.2, 0.25) is 0 Å². The first-order valence-electron chi connectivity index (χ1n) is 8.04. The van der Waals surface area contributed by atoms with E-state index in [4.69, 9.17) is 0 Å². The number of imide groups is 1. The number of allylic oxidation sites excluding steroid dienone is 2. The van der Waals surface area contributed by atoms with Gasteiger partial charge < -0.3 is 5.11 Å². The van der Waals surface area contributed by atoms with Crippen LogP contribution in [0.2, 0.25) is 0 Å². The van der Waals surface area contributed by atoms with Crippen molar-refractivity contribution in [2.45, 2.75) is 6.42 Å². The van der Waals surface area contributed by atoms with Gasteiger partial charge in [-0.05, 0) is 47.8 Å². The van der Waals surface area contributed by atoms with Crippen LogP contribution in [0.15, 0.2) is 41.5 Å². The zero-order valence-electron chi connectivity index (χ0n) is 12.4. The van der Waals surface area contributed by atoms with Gasteiger partial charge >= 0.3 is 0 Å². The topological polar surface area (TPSA) is 70.0 Å². The van der Waals surface area contributed by atoms with E-state index in [1.54, 1.807) is 24.3 Å². The number of amides is 2. The highest BCUT2D eigenvalue weighted by Gasteiger charge is 2.67. The molecule has 6 rings (SSSR count). The molecule has 2 bridgehead atoms. The molecule has 0 spiro atoms. The number of hydrogen-bond acceptors (Lipinski definition) is 4. The summed E-state index contributed by atoms with van der Waals surface area (Å²) in [5.74, 6) is 0.979. The van der Waals surface area contributed by atoms with Crippen molar-refractivity contribution in [3.63, 3.8) is 0 Å². The monoisotopic (exact) mass is 308 g/mol. The Hall–Kier alpha value is -2.43. The molecule has 0 radical (unpaired) electrons. The second-order valence-electron chi connectivity index (χ2n) is 6.98. The molecule has 1 aromatic rings.